The lowest BCUT2D eigenvalue weighted by Gasteiger charge is -2.24. The molecule has 1 aromatic heterocycles. The molecule has 3 aromatic rings. The fourth-order valence-electron chi connectivity index (χ4n) is 3.13. The first kappa shape index (κ1) is 23.1. The third kappa shape index (κ3) is 5.76. The fourth-order valence-corrected chi connectivity index (χ4v) is 3.48. The van der Waals surface area contributed by atoms with E-state index in [1.807, 2.05) is 46.0 Å². The van der Waals surface area contributed by atoms with Gasteiger partial charge in [-0.2, -0.15) is 5.10 Å². The van der Waals surface area contributed by atoms with Crippen LogP contribution in [0.25, 0.3) is 22.2 Å². The number of carbonyl (C=O) groups excluding carboxylic acids is 1. The average Bonchev–Trinajstić information content (AvgIpc) is 2.99. The highest BCUT2D eigenvalue weighted by Gasteiger charge is 2.19. The number of carbonyl (C=O) groups is 1. The number of amides is 1. The third-order valence-electron chi connectivity index (χ3n) is 4.62. The third-order valence-corrected chi connectivity index (χ3v) is 5.11. The number of hydrogen-bond donors (Lipinski definition) is 0. The van der Waals surface area contributed by atoms with Crippen molar-refractivity contribution in [3.05, 3.63) is 46.7 Å². The van der Waals surface area contributed by atoms with Gasteiger partial charge in [0.2, 0.25) is 0 Å². The summed E-state index contributed by atoms with van der Waals surface area (Å²) in [5.41, 5.74) is 1.40. The highest BCUT2D eigenvalue weighted by Crippen LogP contribution is 2.32. The predicted molar refractivity (Wildman–Crippen MR) is 123 cm³/mol. The maximum Gasteiger partial charge on any atom is 0.410 e. The summed E-state index contributed by atoms with van der Waals surface area (Å²) in [7, 11) is 3.51. The monoisotopic (exact) mass is 491 g/mol. The van der Waals surface area contributed by atoms with Crippen LogP contribution in [-0.2, 0) is 11.8 Å². The van der Waals surface area contributed by atoms with Crippen LogP contribution in [0.3, 0.4) is 0 Å². The molecule has 166 valence electrons. The highest BCUT2D eigenvalue weighted by atomic mass is 79.9. The number of rotatable bonds is 6. The smallest absolute Gasteiger partial charge is 0.410 e. The van der Waals surface area contributed by atoms with Crippen molar-refractivity contribution in [2.24, 2.45) is 7.05 Å². The second-order valence-corrected chi connectivity index (χ2v) is 9.29. The molecule has 1 amide bonds. The molecule has 1 heterocycles. The zero-order valence-electron chi connectivity index (χ0n) is 18.4. The molecule has 0 fully saturated rings. The molecule has 0 aliphatic carbocycles. The summed E-state index contributed by atoms with van der Waals surface area (Å²) in [6.45, 7) is 6.31. The Balaban J connectivity index is 1.61. The summed E-state index contributed by atoms with van der Waals surface area (Å²) in [5.74, 6) is 0.0374. The van der Waals surface area contributed by atoms with Gasteiger partial charge in [0, 0.05) is 42.1 Å². The van der Waals surface area contributed by atoms with E-state index in [1.165, 1.54) is 11.0 Å². The first-order chi connectivity index (χ1) is 14.5. The van der Waals surface area contributed by atoms with Crippen LogP contribution in [0.4, 0.5) is 9.18 Å². The molecule has 8 heteroatoms. The van der Waals surface area contributed by atoms with E-state index in [1.54, 1.807) is 23.9 Å². The van der Waals surface area contributed by atoms with Gasteiger partial charge in [0.1, 0.15) is 22.9 Å². The molecule has 0 saturated heterocycles. The Morgan fingerprint density at radius 2 is 1.97 bits per heavy atom. The van der Waals surface area contributed by atoms with Crippen LogP contribution in [0.5, 0.6) is 5.75 Å². The summed E-state index contributed by atoms with van der Waals surface area (Å²) in [6.07, 6.45) is 0.219. The van der Waals surface area contributed by atoms with Crippen molar-refractivity contribution in [3.8, 4) is 17.0 Å². The van der Waals surface area contributed by atoms with Crippen LogP contribution in [0.2, 0.25) is 0 Å². The van der Waals surface area contributed by atoms with Crippen molar-refractivity contribution >= 4 is 32.9 Å². The van der Waals surface area contributed by atoms with Crippen molar-refractivity contribution in [3.63, 3.8) is 0 Å². The number of halogens is 2. The number of ether oxygens (including phenoxy) is 2. The highest BCUT2D eigenvalue weighted by molar-refractivity contribution is 9.10. The van der Waals surface area contributed by atoms with Gasteiger partial charge < -0.3 is 14.4 Å². The minimum absolute atomic E-state index is 0.354. The Bertz CT molecular complexity index is 1090. The molecule has 0 radical (unpaired) electrons. The molecule has 0 aliphatic heterocycles. The molecular formula is C23H27BrFN3O3. The molecule has 2 aromatic carbocycles. The minimum atomic E-state index is -0.531. The SMILES string of the molecule is CN(CCCOc1ccc(-c2nn(C)c3cc(Br)ccc23)c(F)c1)C(=O)OC(C)(C)C. The van der Waals surface area contributed by atoms with E-state index in [0.29, 0.717) is 36.6 Å². The Morgan fingerprint density at radius 3 is 2.65 bits per heavy atom. The largest absolute Gasteiger partial charge is 0.493 e. The van der Waals surface area contributed by atoms with Crippen molar-refractivity contribution in [2.45, 2.75) is 32.8 Å². The van der Waals surface area contributed by atoms with Crippen molar-refractivity contribution in [1.82, 2.24) is 14.7 Å². The molecule has 31 heavy (non-hydrogen) atoms. The summed E-state index contributed by atoms with van der Waals surface area (Å²) in [6, 6.07) is 10.6. The van der Waals surface area contributed by atoms with Crippen LogP contribution >= 0.6 is 15.9 Å². The number of fused-ring (bicyclic) bond motifs is 1. The van der Waals surface area contributed by atoms with Crippen LogP contribution in [0, 0.1) is 5.82 Å². The van der Waals surface area contributed by atoms with Gasteiger partial charge in [0.15, 0.2) is 0 Å². The number of benzene rings is 2. The van der Waals surface area contributed by atoms with E-state index in [9.17, 15) is 9.18 Å². The van der Waals surface area contributed by atoms with Gasteiger partial charge >= 0.3 is 6.09 Å². The number of aryl methyl sites for hydroxylation is 1. The van der Waals surface area contributed by atoms with Crippen molar-refractivity contribution in [1.29, 1.82) is 0 Å². The lowest BCUT2D eigenvalue weighted by Crippen LogP contribution is -2.35. The summed E-state index contributed by atoms with van der Waals surface area (Å²) >= 11 is 3.46. The fraction of sp³-hybridized carbons (Fsp3) is 0.391. The predicted octanol–water partition coefficient (Wildman–Crippen LogP) is 5.78. The van der Waals surface area contributed by atoms with Gasteiger partial charge in [0.05, 0.1) is 12.1 Å². The van der Waals surface area contributed by atoms with Crippen LogP contribution in [-0.4, -0.2) is 46.6 Å². The molecule has 0 spiro atoms. The van der Waals surface area contributed by atoms with Gasteiger partial charge in [-0.1, -0.05) is 15.9 Å². The molecule has 0 N–H and O–H groups in total. The first-order valence-electron chi connectivity index (χ1n) is 10.0. The topological polar surface area (TPSA) is 56.6 Å². The van der Waals surface area contributed by atoms with Gasteiger partial charge in [-0.25, -0.2) is 9.18 Å². The van der Waals surface area contributed by atoms with E-state index in [0.717, 1.165) is 15.4 Å². The van der Waals surface area contributed by atoms with E-state index in [4.69, 9.17) is 9.47 Å². The van der Waals surface area contributed by atoms with E-state index < -0.39 is 11.4 Å². The number of hydrogen-bond acceptors (Lipinski definition) is 4. The lowest BCUT2D eigenvalue weighted by molar-refractivity contribution is 0.0292. The summed E-state index contributed by atoms with van der Waals surface area (Å²) < 4.78 is 28.5. The van der Waals surface area contributed by atoms with Gasteiger partial charge in [-0.15, -0.1) is 0 Å². The maximum absolute atomic E-state index is 14.8. The molecule has 0 saturated carbocycles. The van der Waals surface area contributed by atoms with E-state index in [-0.39, 0.29) is 6.09 Å². The Kier molecular flexibility index (Phi) is 6.89. The van der Waals surface area contributed by atoms with Gasteiger partial charge in [0.25, 0.3) is 0 Å². The van der Waals surface area contributed by atoms with Crippen LogP contribution < -0.4 is 4.74 Å². The van der Waals surface area contributed by atoms with Crippen molar-refractivity contribution < 1.29 is 18.7 Å². The van der Waals surface area contributed by atoms with E-state index in [2.05, 4.69) is 21.0 Å². The van der Waals surface area contributed by atoms with Crippen LogP contribution in [0.15, 0.2) is 40.9 Å². The lowest BCUT2D eigenvalue weighted by atomic mass is 10.1. The first-order valence-corrected chi connectivity index (χ1v) is 10.8. The Hall–Kier alpha value is -2.61. The second kappa shape index (κ2) is 9.26. The Labute approximate surface area is 190 Å². The van der Waals surface area contributed by atoms with Crippen molar-refractivity contribution in [2.75, 3.05) is 20.2 Å². The molecule has 6 nitrogen and oxygen atoms in total. The normalized spacial score (nSPS) is 11.6. The molecular weight excluding hydrogens is 465 g/mol. The van der Waals surface area contributed by atoms with Gasteiger partial charge in [-0.05, 0) is 57.5 Å². The molecule has 0 atom stereocenters. The molecule has 3 rings (SSSR count). The standard InChI is InChI=1S/C23H27BrFN3O3/c1-23(2,3)31-22(29)27(4)11-6-12-30-16-8-10-17(19(25)14-16)21-18-9-7-15(24)13-20(18)28(5)26-21/h7-10,13-14H,6,11-12H2,1-5H3. The zero-order valence-corrected chi connectivity index (χ0v) is 20.0. The van der Waals surface area contributed by atoms with E-state index >= 15 is 0 Å². The minimum Gasteiger partial charge on any atom is -0.493 e. The second-order valence-electron chi connectivity index (χ2n) is 8.38. The Morgan fingerprint density at radius 1 is 1.23 bits per heavy atom. The summed E-state index contributed by atoms with van der Waals surface area (Å²) in [5, 5.41) is 5.37. The van der Waals surface area contributed by atoms with Crippen LogP contribution in [0.1, 0.15) is 27.2 Å². The number of nitrogens with zero attached hydrogens (tertiary/aromatic N) is 3. The number of aromatic nitrogens is 2. The molecule has 0 aliphatic rings. The maximum atomic E-state index is 14.8. The average molecular weight is 492 g/mol. The molecule has 0 unspecified atom stereocenters. The quantitative estimate of drug-likeness (QED) is 0.410. The van der Waals surface area contributed by atoms with Gasteiger partial charge in [-0.3, -0.25) is 4.68 Å². The molecule has 0 bridgehead atoms. The zero-order chi connectivity index (χ0) is 22.8. The summed E-state index contributed by atoms with van der Waals surface area (Å²) in [4.78, 5) is 13.5.